The summed E-state index contributed by atoms with van der Waals surface area (Å²) >= 11 is 0. The van der Waals surface area contributed by atoms with Crippen LogP contribution >= 0.6 is 0 Å². The van der Waals surface area contributed by atoms with Gasteiger partial charge < -0.3 is 4.57 Å². The second-order valence-electron chi connectivity index (χ2n) is 7.46. The fourth-order valence-electron chi connectivity index (χ4n) is 3.85. The minimum atomic E-state index is -1.46. The number of aromatic nitrogens is 2. The van der Waals surface area contributed by atoms with Crippen molar-refractivity contribution in [2.75, 3.05) is 0 Å². The summed E-state index contributed by atoms with van der Waals surface area (Å²) in [6, 6.07) is 29.0. The molecule has 5 heteroatoms. The van der Waals surface area contributed by atoms with Gasteiger partial charge in [-0.2, -0.15) is 0 Å². The molecule has 0 aliphatic rings. The highest BCUT2D eigenvalue weighted by Crippen LogP contribution is 2.40. The van der Waals surface area contributed by atoms with Gasteiger partial charge in [-0.1, -0.05) is 91.0 Å². The number of imidazole rings is 1. The first kappa shape index (κ1) is 20.9. The second kappa shape index (κ2) is 9.67. The second-order valence-corrected chi connectivity index (χ2v) is 8.93. The molecule has 0 aliphatic carbocycles. The Morgan fingerprint density at radius 1 is 0.871 bits per heavy atom. The van der Waals surface area contributed by atoms with Gasteiger partial charge in [0.25, 0.3) is 0 Å². The van der Waals surface area contributed by atoms with Crippen molar-refractivity contribution in [1.29, 1.82) is 0 Å². The number of nitrogens with zero attached hydrogens (tertiary/aromatic N) is 2. The predicted molar refractivity (Wildman–Crippen MR) is 123 cm³/mol. The van der Waals surface area contributed by atoms with Gasteiger partial charge in [0, 0.05) is 37.3 Å². The molecular formula is C26H24N2O2S. The van der Waals surface area contributed by atoms with Gasteiger partial charge in [-0.3, -0.25) is 9.00 Å². The van der Waals surface area contributed by atoms with E-state index in [1.54, 1.807) is 17.0 Å². The summed E-state index contributed by atoms with van der Waals surface area (Å²) in [6.07, 6.45) is 3.70. The summed E-state index contributed by atoms with van der Waals surface area (Å²) < 4.78 is 15.7. The molecule has 0 radical (unpaired) electrons. The van der Waals surface area contributed by atoms with Crippen LogP contribution in [0.3, 0.4) is 0 Å². The maximum Gasteiger partial charge on any atom is 0.199 e. The highest BCUT2D eigenvalue weighted by atomic mass is 32.2. The first-order valence-electron chi connectivity index (χ1n) is 10.2. The smallest absolute Gasteiger partial charge is 0.199 e. The van der Waals surface area contributed by atoms with Crippen molar-refractivity contribution in [3.05, 3.63) is 120 Å². The average Bonchev–Trinajstić information content (AvgIpc) is 3.26. The van der Waals surface area contributed by atoms with E-state index in [1.165, 1.54) is 0 Å². The van der Waals surface area contributed by atoms with E-state index < -0.39 is 16.0 Å². The van der Waals surface area contributed by atoms with Gasteiger partial charge in [-0.15, -0.1) is 0 Å². The van der Waals surface area contributed by atoms with E-state index in [2.05, 4.69) is 4.98 Å². The summed E-state index contributed by atoms with van der Waals surface area (Å²) in [5, 5.41) is 0.0827. The Bertz CT molecular complexity index is 1160. The molecule has 0 N–H and O–H groups in total. The standard InChI is InChI=1S/C26H24N2O2S/c1-28-18-17-27-26(28)31(30)25(22-15-9-4-10-16-22)23(20-11-5-2-6-12-20)19-24(29)21-13-7-3-8-14-21/h2-18,23,25H,19H2,1H3/t23-,25+,31?/m0/s1. The van der Waals surface area contributed by atoms with E-state index in [0.29, 0.717) is 10.7 Å². The number of carbonyl (C=O) groups is 1. The lowest BCUT2D eigenvalue weighted by molar-refractivity contribution is 0.0973. The summed E-state index contributed by atoms with van der Waals surface area (Å²) in [5.41, 5.74) is 2.58. The number of carbonyl (C=O) groups excluding carboxylic acids is 1. The summed E-state index contributed by atoms with van der Waals surface area (Å²) in [7, 11) is 0.386. The Labute approximate surface area is 185 Å². The van der Waals surface area contributed by atoms with Crippen molar-refractivity contribution in [1.82, 2.24) is 9.55 Å². The molecule has 4 rings (SSSR count). The molecule has 0 spiro atoms. The lowest BCUT2D eigenvalue weighted by Gasteiger charge is -2.27. The maximum absolute atomic E-state index is 13.9. The molecule has 4 nitrogen and oxygen atoms in total. The summed E-state index contributed by atoms with van der Waals surface area (Å²) in [6.45, 7) is 0. The van der Waals surface area contributed by atoms with Crippen LogP contribution in [0.1, 0.15) is 39.1 Å². The lowest BCUT2D eigenvalue weighted by atomic mass is 9.86. The van der Waals surface area contributed by atoms with Crippen LogP contribution in [0.15, 0.2) is 109 Å². The van der Waals surface area contributed by atoms with Crippen LogP contribution in [0.4, 0.5) is 0 Å². The van der Waals surface area contributed by atoms with Gasteiger partial charge in [-0.05, 0) is 11.1 Å². The summed E-state index contributed by atoms with van der Waals surface area (Å²) in [5.74, 6) is -0.235. The van der Waals surface area contributed by atoms with E-state index >= 15 is 0 Å². The lowest BCUT2D eigenvalue weighted by Crippen LogP contribution is -2.21. The molecule has 0 saturated heterocycles. The number of ketones is 1. The zero-order valence-corrected chi connectivity index (χ0v) is 18.1. The van der Waals surface area contributed by atoms with Crippen LogP contribution in [0, 0.1) is 0 Å². The van der Waals surface area contributed by atoms with Crippen molar-refractivity contribution in [3.63, 3.8) is 0 Å². The molecule has 0 saturated carbocycles. The quantitative estimate of drug-likeness (QED) is 0.357. The molecule has 0 fully saturated rings. The minimum Gasteiger partial charge on any atom is -0.327 e. The average molecular weight is 429 g/mol. The molecule has 0 aliphatic heterocycles. The Morgan fingerprint density at radius 2 is 1.42 bits per heavy atom. The first-order valence-corrected chi connectivity index (χ1v) is 11.4. The Morgan fingerprint density at radius 3 is 1.97 bits per heavy atom. The molecule has 1 unspecified atom stereocenters. The molecule has 4 aromatic rings. The van der Waals surface area contributed by atoms with Crippen LogP contribution in [0.2, 0.25) is 0 Å². The zero-order chi connectivity index (χ0) is 21.6. The molecule has 0 amide bonds. The van der Waals surface area contributed by atoms with Crippen LogP contribution < -0.4 is 0 Å². The Balaban J connectivity index is 1.81. The van der Waals surface area contributed by atoms with Crippen LogP contribution in [-0.2, 0) is 17.8 Å². The van der Waals surface area contributed by atoms with E-state index in [-0.39, 0.29) is 18.1 Å². The van der Waals surface area contributed by atoms with Gasteiger partial charge >= 0.3 is 0 Å². The predicted octanol–water partition coefficient (Wildman–Crippen LogP) is 5.33. The van der Waals surface area contributed by atoms with Gasteiger partial charge in [0.05, 0.1) is 16.0 Å². The van der Waals surface area contributed by atoms with Crippen molar-refractivity contribution in [3.8, 4) is 0 Å². The third-order valence-corrected chi connectivity index (χ3v) is 7.23. The molecule has 31 heavy (non-hydrogen) atoms. The largest absolute Gasteiger partial charge is 0.327 e. The van der Waals surface area contributed by atoms with E-state index in [0.717, 1.165) is 11.1 Å². The number of benzene rings is 3. The number of hydrogen-bond acceptors (Lipinski definition) is 3. The third-order valence-electron chi connectivity index (χ3n) is 5.41. The SMILES string of the molecule is Cn1ccnc1S(=O)[C@H](c1ccccc1)[C@@H](CC(=O)c1ccccc1)c1ccccc1. The molecule has 0 bridgehead atoms. The van der Waals surface area contributed by atoms with E-state index in [4.69, 9.17) is 0 Å². The van der Waals surface area contributed by atoms with Crippen molar-refractivity contribution in [2.24, 2.45) is 7.05 Å². The van der Waals surface area contributed by atoms with E-state index in [9.17, 15) is 9.00 Å². The van der Waals surface area contributed by atoms with Crippen LogP contribution in [-0.4, -0.2) is 19.5 Å². The fraction of sp³-hybridized carbons (Fsp3) is 0.154. The minimum absolute atomic E-state index is 0.0345. The van der Waals surface area contributed by atoms with Crippen molar-refractivity contribution < 1.29 is 9.00 Å². The number of Topliss-reactive ketones (excluding diaryl/α,β-unsaturated/α-hetero) is 1. The van der Waals surface area contributed by atoms with E-state index in [1.807, 2.05) is 98.0 Å². The molecule has 1 heterocycles. The van der Waals surface area contributed by atoms with Crippen LogP contribution in [0.5, 0.6) is 0 Å². The molecule has 3 atom stereocenters. The fourth-order valence-corrected chi connectivity index (χ4v) is 5.54. The zero-order valence-electron chi connectivity index (χ0n) is 17.3. The van der Waals surface area contributed by atoms with Gasteiger partial charge in [-0.25, -0.2) is 4.98 Å². The van der Waals surface area contributed by atoms with Crippen LogP contribution in [0.25, 0.3) is 0 Å². The third kappa shape index (κ3) is 4.72. The van der Waals surface area contributed by atoms with Gasteiger partial charge in [0.15, 0.2) is 10.9 Å². The number of aryl methyl sites for hydroxylation is 1. The maximum atomic E-state index is 13.9. The van der Waals surface area contributed by atoms with Gasteiger partial charge in [0.2, 0.25) is 0 Å². The summed E-state index contributed by atoms with van der Waals surface area (Å²) in [4.78, 5) is 17.6. The highest BCUT2D eigenvalue weighted by molar-refractivity contribution is 7.85. The molecule has 3 aromatic carbocycles. The van der Waals surface area contributed by atoms with Crippen molar-refractivity contribution >= 4 is 16.6 Å². The Kier molecular flexibility index (Phi) is 6.53. The number of rotatable bonds is 8. The molecule has 156 valence electrons. The normalized spacial score (nSPS) is 14.0. The highest BCUT2D eigenvalue weighted by Gasteiger charge is 2.34. The first-order chi connectivity index (χ1) is 15.1. The Hall–Kier alpha value is -3.31. The number of hydrogen-bond donors (Lipinski definition) is 0. The van der Waals surface area contributed by atoms with Crippen molar-refractivity contribution in [2.45, 2.75) is 22.7 Å². The monoisotopic (exact) mass is 428 g/mol. The van der Waals surface area contributed by atoms with Gasteiger partial charge in [0.1, 0.15) is 0 Å². The molecule has 1 aromatic heterocycles. The molecular weight excluding hydrogens is 404 g/mol. The topological polar surface area (TPSA) is 52.0 Å².